The molecule has 2 amide bonds. The molecule has 0 aliphatic carbocycles. The topological polar surface area (TPSA) is 151 Å². The minimum absolute atomic E-state index is 0.143. The number of carbonyl (C=O) groups excluding carboxylic acids is 2. The normalized spacial score (nSPS) is 11.8. The number of hydrogen-bond acceptors (Lipinski definition) is 12. The van der Waals surface area contributed by atoms with Crippen LogP contribution in [0.3, 0.4) is 0 Å². The number of thiazole rings is 2. The first-order chi connectivity index (χ1) is 27.3. The summed E-state index contributed by atoms with van der Waals surface area (Å²) in [6.07, 6.45) is -2.56. The molecule has 6 aromatic heterocycles. The second kappa shape index (κ2) is 18.0. The van der Waals surface area contributed by atoms with E-state index in [1.54, 1.807) is 20.8 Å². The molecule has 6 aromatic rings. The first kappa shape index (κ1) is 43.7. The molecule has 6 rings (SSSR count). The molecule has 0 saturated carbocycles. The number of aryl methyl sites for hydroxylation is 5. The Labute approximate surface area is 337 Å². The van der Waals surface area contributed by atoms with Crippen LogP contribution in [0.4, 0.5) is 48.2 Å². The van der Waals surface area contributed by atoms with E-state index in [0.29, 0.717) is 28.8 Å². The average Bonchev–Trinajstić information content (AvgIpc) is 3.89. The SMILES string of the molecule is CCCN(CC(F)(F)F)c1ccn2nc(C)c(C(=O)Nc3nc(C)c(C)s3)c2n1.CCCN(CC(F)(F)F)c1ccn2ncc(C(=O)Nc3nc(CC)c(C)s3)c2n1. The largest absolute Gasteiger partial charge is 0.405 e. The smallest absolute Gasteiger partial charge is 0.347 e. The lowest BCUT2D eigenvalue weighted by molar-refractivity contribution is -0.120. The lowest BCUT2D eigenvalue weighted by Crippen LogP contribution is -2.35. The monoisotopic (exact) mass is 852 g/mol. The molecule has 14 nitrogen and oxygen atoms in total. The maximum Gasteiger partial charge on any atom is 0.405 e. The van der Waals surface area contributed by atoms with Gasteiger partial charge in [0.2, 0.25) is 0 Å². The van der Waals surface area contributed by atoms with E-state index in [4.69, 9.17) is 0 Å². The summed E-state index contributed by atoms with van der Waals surface area (Å²) in [6, 6.07) is 2.93. The van der Waals surface area contributed by atoms with Crippen LogP contribution < -0.4 is 20.4 Å². The number of nitrogens with one attached hydrogen (secondary N) is 2. The number of hydrogen-bond donors (Lipinski definition) is 2. The number of nitrogens with zero attached hydrogens (tertiary/aromatic N) is 10. The van der Waals surface area contributed by atoms with Crippen molar-refractivity contribution in [2.75, 3.05) is 46.6 Å². The Morgan fingerprint density at radius 2 is 1.24 bits per heavy atom. The zero-order valence-electron chi connectivity index (χ0n) is 32.7. The van der Waals surface area contributed by atoms with E-state index in [2.05, 4.69) is 40.8 Å². The number of rotatable bonds is 13. The number of amides is 2. The van der Waals surface area contributed by atoms with Gasteiger partial charge in [-0.1, -0.05) is 20.8 Å². The van der Waals surface area contributed by atoms with Crippen molar-refractivity contribution >= 4 is 67.7 Å². The maximum absolute atomic E-state index is 13.0. The van der Waals surface area contributed by atoms with Gasteiger partial charge in [-0.25, -0.2) is 29.0 Å². The summed E-state index contributed by atoms with van der Waals surface area (Å²) in [4.78, 5) is 47.1. The molecule has 312 valence electrons. The van der Waals surface area contributed by atoms with Crippen LogP contribution in [-0.2, 0) is 6.42 Å². The molecule has 0 aliphatic rings. The molecule has 0 aromatic carbocycles. The van der Waals surface area contributed by atoms with Gasteiger partial charge in [-0.05, 0) is 59.1 Å². The van der Waals surface area contributed by atoms with Gasteiger partial charge in [0.15, 0.2) is 21.6 Å². The van der Waals surface area contributed by atoms with Gasteiger partial charge in [-0.15, -0.1) is 22.7 Å². The molecule has 0 aliphatic heterocycles. The van der Waals surface area contributed by atoms with E-state index >= 15 is 0 Å². The van der Waals surface area contributed by atoms with Crippen LogP contribution in [0.5, 0.6) is 0 Å². The van der Waals surface area contributed by atoms with Crippen LogP contribution in [0.15, 0.2) is 30.7 Å². The van der Waals surface area contributed by atoms with Crippen LogP contribution in [-0.4, -0.2) is 89.5 Å². The summed E-state index contributed by atoms with van der Waals surface area (Å²) >= 11 is 2.72. The molecular weight excluding hydrogens is 811 g/mol. The third-order valence-corrected chi connectivity index (χ3v) is 10.5. The molecule has 0 saturated heterocycles. The Bertz CT molecular complexity index is 2360. The van der Waals surface area contributed by atoms with E-state index in [1.807, 2.05) is 27.7 Å². The summed E-state index contributed by atoms with van der Waals surface area (Å²) in [5.74, 6) is -0.621. The van der Waals surface area contributed by atoms with Crippen LogP contribution in [0, 0.1) is 27.7 Å². The molecule has 0 fully saturated rings. The van der Waals surface area contributed by atoms with Gasteiger partial charge in [-0.3, -0.25) is 20.2 Å². The zero-order chi connectivity index (χ0) is 42.5. The highest BCUT2D eigenvalue weighted by atomic mass is 32.1. The third-order valence-electron chi connectivity index (χ3n) is 8.54. The van der Waals surface area contributed by atoms with Crippen molar-refractivity contribution in [2.45, 2.75) is 80.1 Å². The molecule has 0 radical (unpaired) electrons. The minimum Gasteiger partial charge on any atom is -0.347 e. The summed E-state index contributed by atoms with van der Waals surface area (Å²) in [6.45, 7) is 11.0. The maximum atomic E-state index is 13.0. The van der Waals surface area contributed by atoms with Gasteiger partial charge in [0.25, 0.3) is 11.8 Å². The highest BCUT2D eigenvalue weighted by Crippen LogP contribution is 2.27. The van der Waals surface area contributed by atoms with Gasteiger partial charge < -0.3 is 9.80 Å². The van der Waals surface area contributed by atoms with Crippen LogP contribution in [0.2, 0.25) is 0 Å². The van der Waals surface area contributed by atoms with E-state index < -0.39 is 37.3 Å². The van der Waals surface area contributed by atoms with Crippen molar-refractivity contribution in [3.05, 3.63) is 68.7 Å². The van der Waals surface area contributed by atoms with Gasteiger partial charge in [0, 0.05) is 35.2 Å². The van der Waals surface area contributed by atoms with Crippen molar-refractivity contribution in [3.8, 4) is 0 Å². The van der Waals surface area contributed by atoms with Crippen LogP contribution >= 0.6 is 22.7 Å². The molecule has 0 spiro atoms. The predicted octanol–water partition coefficient (Wildman–Crippen LogP) is 8.23. The van der Waals surface area contributed by atoms with E-state index in [-0.39, 0.29) is 47.1 Å². The highest BCUT2D eigenvalue weighted by molar-refractivity contribution is 7.16. The minimum atomic E-state index is -4.36. The number of fused-ring (bicyclic) bond motifs is 2. The quantitative estimate of drug-likeness (QED) is 0.109. The van der Waals surface area contributed by atoms with Gasteiger partial charge >= 0.3 is 12.4 Å². The number of anilines is 4. The third kappa shape index (κ3) is 10.8. The van der Waals surface area contributed by atoms with Crippen molar-refractivity contribution in [1.82, 2.24) is 39.2 Å². The fraction of sp³-hybridized carbons (Fsp3) is 0.444. The van der Waals surface area contributed by atoms with Crippen molar-refractivity contribution < 1.29 is 35.9 Å². The molecule has 58 heavy (non-hydrogen) atoms. The molecule has 0 bridgehead atoms. The first-order valence-electron chi connectivity index (χ1n) is 18.2. The predicted molar refractivity (Wildman–Crippen MR) is 212 cm³/mol. The average molecular weight is 853 g/mol. The van der Waals surface area contributed by atoms with E-state index in [9.17, 15) is 35.9 Å². The summed E-state index contributed by atoms with van der Waals surface area (Å²) in [5.41, 5.74) is 2.92. The second-order valence-electron chi connectivity index (χ2n) is 13.1. The Balaban J connectivity index is 0.000000221. The molecule has 0 atom stereocenters. The Kier molecular flexibility index (Phi) is 13.6. The fourth-order valence-corrected chi connectivity index (χ4v) is 7.56. The Morgan fingerprint density at radius 1 is 0.707 bits per heavy atom. The molecule has 0 unspecified atom stereocenters. The van der Waals surface area contributed by atoms with Crippen LogP contribution in [0.1, 0.15) is 81.2 Å². The van der Waals surface area contributed by atoms with E-state index in [0.717, 1.165) is 37.4 Å². The van der Waals surface area contributed by atoms with Gasteiger partial charge in [0.05, 0.1) is 23.3 Å². The Hall–Kier alpha value is -5.38. The first-order valence-corrected chi connectivity index (χ1v) is 19.8. The van der Waals surface area contributed by atoms with Crippen molar-refractivity contribution in [1.29, 1.82) is 0 Å². The number of aromatic nitrogens is 8. The molecule has 6 heterocycles. The summed E-state index contributed by atoms with van der Waals surface area (Å²) < 4.78 is 80.4. The van der Waals surface area contributed by atoms with Crippen molar-refractivity contribution in [3.63, 3.8) is 0 Å². The molecular formula is C36H42F6N12O2S2. The number of halogens is 6. The summed E-state index contributed by atoms with van der Waals surface area (Å²) in [5, 5.41) is 14.7. The molecule has 2 N–H and O–H groups in total. The second-order valence-corrected chi connectivity index (χ2v) is 15.6. The fourth-order valence-electron chi connectivity index (χ4n) is 5.85. The number of alkyl halides is 6. The molecule has 22 heteroatoms. The lowest BCUT2D eigenvalue weighted by atomic mass is 10.2. The number of carbonyl (C=O) groups is 2. The van der Waals surface area contributed by atoms with Gasteiger partial charge in [0.1, 0.15) is 35.9 Å². The summed E-state index contributed by atoms with van der Waals surface area (Å²) in [7, 11) is 0. The Morgan fingerprint density at radius 3 is 1.76 bits per heavy atom. The van der Waals surface area contributed by atoms with Crippen molar-refractivity contribution in [2.24, 2.45) is 0 Å². The lowest BCUT2D eigenvalue weighted by Gasteiger charge is -2.24. The highest BCUT2D eigenvalue weighted by Gasteiger charge is 2.33. The van der Waals surface area contributed by atoms with E-state index in [1.165, 1.54) is 62.4 Å². The standard InChI is InChI=1S/2C18H21F3N6OS/c1-5-7-26(9-18(19,20)21)13-6-8-27-15(23-13)14(11(3)25-27)16(28)24-17-22-10(2)12(4)29-17;1-4-7-26(10-18(19,20)21)14-6-8-27-15(24-14)12(9-22-27)16(28)25-17-23-13(5-2)11(3)29-17/h6,8H,5,7,9H2,1-4H3,(H,22,24,28);6,8-9H,4-5,7,10H2,1-3H3,(H,23,25,28). The van der Waals surface area contributed by atoms with Gasteiger partial charge in [-0.2, -0.15) is 36.5 Å². The van der Waals surface area contributed by atoms with Crippen LogP contribution in [0.25, 0.3) is 11.3 Å². The zero-order valence-corrected chi connectivity index (χ0v) is 34.3.